The first kappa shape index (κ1) is 88.2. The van der Waals surface area contributed by atoms with Crippen molar-refractivity contribution in [3.8, 4) is 0 Å². The van der Waals surface area contributed by atoms with Crippen molar-refractivity contribution >= 4 is 54.4 Å². The van der Waals surface area contributed by atoms with Crippen LogP contribution in [0.1, 0.15) is 210 Å². The van der Waals surface area contributed by atoms with E-state index in [2.05, 4.69) is 95.7 Å². The van der Waals surface area contributed by atoms with Gasteiger partial charge in [-0.3, -0.25) is 28.8 Å². The first-order valence-electron chi connectivity index (χ1n) is 33.4. The average molecular weight is 1350 g/mol. The molecule has 0 radical (unpaired) electrons. The lowest BCUT2D eigenvalue weighted by Crippen LogP contribution is -2.35. The summed E-state index contributed by atoms with van der Waals surface area (Å²) in [7, 11) is 0. The Hall–Kier alpha value is -6.81. The van der Waals surface area contributed by atoms with Gasteiger partial charge in [-0.2, -0.15) is 12.6 Å². The number of esters is 7. The van der Waals surface area contributed by atoms with E-state index in [0.717, 1.165) is 52.4 Å². The molecule has 5 heterocycles. The van der Waals surface area contributed by atoms with Gasteiger partial charge >= 0.3 is 47.6 Å². The molecule has 3 unspecified atom stereocenters. The van der Waals surface area contributed by atoms with Gasteiger partial charge in [0.2, 0.25) is 0 Å². The van der Waals surface area contributed by atoms with Gasteiger partial charge in [-0.05, 0) is 103 Å². The van der Waals surface area contributed by atoms with Crippen molar-refractivity contribution in [1.29, 1.82) is 0 Å². The SMILES string of the molecule is CC(C)C(C)C1=CCC(=O)O1.CC(C)C1OC(=O)c2ccccc21.CC(C)CC1=CCC(=O)O1.CC(C)COC(=O)[C@@H](N)CS.CC(C)COC(=O)[C@@H](N)Cc1ccccc1.CC1=C(C(C)C(C)C)OC(=O)C1.CC[C@H](N)C(=O)OCC(C)C.Cc1oc(=O)oc1CC(C)C. The molecule has 6 N–H and O–H groups in total. The molecule has 4 aliphatic rings. The Morgan fingerprint density at radius 3 is 1.43 bits per heavy atom. The zero-order valence-corrected chi connectivity index (χ0v) is 61.7. The van der Waals surface area contributed by atoms with E-state index in [0.29, 0.717) is 128 Å². The summed E-state index contributed by atoms with van der Waals surface area (Å²) >= 11 is 3.87. The molecule has 0 spiro atoms. The number of benzene rings is 2. The third kappa shape index (κ3) is 37.9. The number of carbonyl (C=O) groups is 7. The molecule has 0 bridgehead atoms. The number of carbonyl (C=O) groups excluding carboxylic acids is 7. The molecule has 95 heavy (non-hydrogen) atoms. The van der Waals surface area contributed by atoms with Crippen molar-refractivity contribution in [2.75, 3.05) is 25.6 Å². The van der Waals surface area contributed by atoms with Crippen LogP contribution in [0.4, 0.5) is 0 Å². The second-order valence-corrected chi connectivity index (χ2v) is 27.3. The standard InChI is InChI=1S/C13H19NO2.C11H12O2.C10H16O2.C9H14O2.C8H17NO2.C8H12O3.C8H12O2.C7H15NO2S/c1-10(2)9-16-13(15)12(14)8-11-6-4-3-5-7-11;1-7(2)10-8-5-3-4-6-9(8)11(12)13-10;1-6(2)8(4)10-7(3)5-9(11)12-10;1-6(2)7(3)8-4-5-9(10)11-8;1-4-7(9)8(10)11-5-6(2)3;1-5(2)4-7-6(3)10-8(9)11-7;1-6(2)5-7-3-4-8(9)10-7;1-5(2)3-10-7(9)6(8)4-11/h3-7,10,12H,8-9,14H2,1-2H3;3-7,10H,1-2H3;6,8H,5H2,1-4H3;4,6-7H,5H2,1-3H3;6-7H,4-5,9H2,1-3H3;5H,4H2,1-3H3;3,6H,4-5H2,1-2H3;5-6,11H,3-4,8H2,1-2H3/t12-;;;;7-;;;6-/m0...0..0/s1. The molecule has 0 saturated carbocycles. The van der Waals surface area contributed by atoms with Gasteiger partial charge in [-0.1, -0.05) is 180 Å². The summed E-state index contributed by atoms with van der Waals surface area (Å²) in [4.78, 5) is 87.4. The first-order chi connectivity index (χ1) is 44.3. The summed E-state index contributed by atoms with van der Waals surface area (Å²) in [5, 5.41) is 0. The van der Waals surface area contributed by atoms with E-state index < -0.39 is 23.9 Å². The van der Waals surface area contributed by atoms with Gasteiger partial charge in [0, 0.05) is 36.0 Å². The predicted molar refractivity (Wildman–Crippen MR) is 374 cm³/mol. The highest BCUT2D eigenvalue weighted by atomic mass is 32.1. The lowest BCUT2D eigenvalue weighted by atomic mass is 9.94. The highest BCUT2D eigenvalue weighted by molar-refractivity contribution is 7.80. The second kappa shape index (κ2) is 47.2. The van der Waals surface area contributed by atoms with Crippen LogP contribution in [0.5, 0.6) is 0 Å². The number of nitrogens with two attached hydrogens (primary N) is 3. The molecule has 0 aliphatic carbocycles. The Bertz CT molecular complexity index is 2910. The predicted octanol–water partition coefficient (Wildman–Crippen LogP) is 13.9. The second-order valence-electron chi connectivity index (χ2n) is 27.0. The number of hydrogen-bond acceptors (Lipinski definition) is 21. The van der Waals surface area contributed by atoms with Crippen LogP contribution in [-0.4, -0.2) is 85.5 Å². The highest BCUT2D eigenvalue weighted by Crippen LogP contribution is 2.35. The normalized spacial score (nSPS) is 15.9. The monoisotopic (exact) mass is 1350 g/mol. The number of aryl methyl sites for hydroxylation is 1. The molecule has 536 valence electrons. The minimum absolute atomic E-state index is 0.0521. The van der Waals surface area contributed by atoms with Gasteiger partial charge in [0.05, 0.1) is 44.6 Å². The average Bonchev–Trinajstić information content (AvgIpc) is 1.67. The fraction of sp³-hybridized carbons (Fsp3) is 0.622. The molecule has 1 aromatic heterocycles. The van der Waals surface area contributed by atoms with Crippen molar-refractivity contribution in [1.82, 2.24) is 0 Å². The Morgan fingerprint density at radius 2 is 1.03 bits per heavy atom. The van der Waals surface area contributed by atoms with Crippen LogP contribution in [0.2, 0.25) is 0 Å². The number of rotatable bonds is 22. The van der Waals surface area contributed by atoms with Crippen LogP contribution >= 0.6 is 12.6 Å². The Kier molecular flexibility index (Phi) is 43.8. The summed E-state index contributed by atoms with van der Waals surface area (Å²) in [6.07, 6.45) is 7.89. The van der Waals surface area contributed by atoms with E-state index in [-0.39, 0.29) is 47.9 Å². The molecule has 0 fully saturated rings. The number of hydrogen-bond donors (Lipinski definition) is 4. The van der Waals surface area contributed by atoms with E-state index in [1.165, 1.54) is 0 Å². The Balaban J connectivity index is 0.00000107. The Morgan fingerprint density at radius 1 is 0.547 bits per heavy atom. The molecular formula is C74H117N3O17S. The van der Waals surface area contributed by atoms with Crippen molar-refractivity contribution in [3.63, 3.8) is 0 Å². The lowest BCUT2D eigenvalue weighted by Gasteiger charge is -2.16. The van der Waals surface area contributed by atoms with Crippen molar-refractivity contribution in [2.24, 2.45) is 76.4 Å². The quantitative estimate of drug-likeness (QED) is 0.0413. The van der Waals surface area contributed by atoms with Crippen LogP contribution in [-0.2, 0) is 74.8 Å². The van der Waals surface area contributed by atoms with Gasteiger partial charge in [-0.15, -0.1) is 0 Å². The molecule has 21 heteroatoms. The van der Waals surface area contributed by atoms with Gasteiger partial charge in [0.25, 0.3) is 0 Å². The number of ether oxygens (including phenoxy) is 7. The number of fused-ring (bicyclic) bond motifs is 1. The van der Waals surface area contributed by atoms with Crippen molar-refractivity contribution in [3.05, 3.63) is 128 Å². The summed E-state index contributed by atoms with van der Waals surface area (Å²) in [6, 6.07) is 15.7. The molecule has 3 aromatic rings. The Labute approximate surface area is 572 Å². The van der Waals surface area contributed by atoms with Crippen LogP contribution in [0, 0.1) is 66.1 Å². The third-order valence-electron chi connectivity index (χ3n) is 14.2. The minimum atomic E-state index is -0.599. The smallest absolute Gasteiger partial charge is 0.464 e. The van der Waals surface area contributed by atoms with E-state index in [4.69, 9.17) is 59.2 Å². The molecular weight excluding hydrogens is 1230 g/mol. The van der Waals surface area contributed by atoms with Crippen molar-refractivity contribution in [2.45, 2.75) is 215 Å². The number of allylic oxidation sites excluding steroid dienone is 3. The van der Waals surface area contributed by atoms with Gasteiger partial charge in [-0.25, -0.2) is 9.59 Å². The fourth-order valence-corrected chi connectivity index (χ4v) is 8.30. The largest absolute Gasteiger partial charge is 0.519 e. The number of thiol groups is 1. The van der Waals surface area contributed by atoms with Crippen LogP contribution < -0.4 is 23.0 Å². The summed E-state index contributed by atoms with van der Waals surface area (Å²) in [5.41, 5.74) is 20.4. The first-order valence-corrected chi connectivity index (χ1v) is 34.0. The minimum Gasteiger partial charge on any atom is -0.464 e. The van der Waals surface area contributed by atoms with Gasteiger partial charge < -0.3 is 59.2 Å². The zero-order valence-electron chi connectivity index (χ0n) is 60.8. The van der Waals surface area contributed by atoms with Gasteiger partial charge in [0.1, 0.15) is 53.0 Å². The highest BCUT2D eigenvalue weighted by Gasteiger charge is 2.32. The molecule has 20 nitrogen and oxygen atoms in total. The van der Waals surface area contributed by atoms with E-state index in [1.807, 2.05) is 122 Å². The van der Waals surface area contributed by atoms with Crippen LogP contribution in [0.15, 0.2) is 103 Å². The lowest BCUT2D eigenvalue weighted by molar-refractivity contribution is -0.147. The fourth-order valence-electron chi connectivity index (χ4n) is 8.15. The maximum atomic E-state index is 11.5. The molecule has 0 amide bonds. The van der Waals surface area contributed by atoms with Crippen LogP contribution in [0.3, 0.4) is 0 Å². The third-order valence-corrected chi connectivity index (χ3v) is 14.6. The summed E-state index contributed by atoms with van der Waals surface area (Å²) in [5.74, 6) is 6.34. The summed E-state index contributed by atoms with van der Waals surface area (Å²) < 4.78 is 44.6. The van der Waals surface area contributed by atoms with Crippen LogP contribution in [0.25, 0.3) is 0 Å². The van der Waals surface area contributed by atoms with E-state index >= 15 is 0 Å². The van der Waals surface area contributed by atoms with Crippen molar-refractivity contribution < 1.29 is 75.6 Å². The summed E-state index contributed by atoms with van der Waals surface area (Å²) in [6.45, 7) is 44.0. The zero-order chi connectivity index (χ0) is 72.8. The number of cyclic esters (lactones) is 4. The molecule has 0 saturated heterocycles. The molecule has 6 atom stereocenters. The maximum Gasteiger partial charge on any atom is 0.519 e. The molecule has 4 aliphatic heterocycles. The molecule has 2 aromatic carbocycles. The topological polar surface area (TPSA) is 306 Å². The molecule has 7 rings (SSSR count). The maximum absolute atomic E-state index is 11.5. The van der Waals surface area contributed by atoms with Gasteiger partial charge in [0.15, 0.2) is 0 Å². The van der Waals surface area contributed by atoms with E-state index in [1.54, 1.807) is 6.92 Å². The van der Waals surface area contributed by atoms with E-state index in [9.17, 15) is 38.4 Å².